The number of anilines is 4. The minimum Gasteiger partial charge on any atom is -0.378 e. The average molecular weight is 501 g/mol. The number of hydrogen-bond acceptors (Lipinski definition) is 8. The first-order chi connectivity index (χ1) is 17.8. The van der Waals surface area contributed by atoms with Crippen LogP contribution in [0.25, 0.3) is 21.9 Å². The second-order valence-corrected chi connectivity index (χ2v) is 9.45. The third-order valence-electron chi connectivity index (χ3n) is 6.44. The molecule has 0 unspecified atom stereocenters. The summed E-state index contributed by atoms with van der Waals surface area (Å²) < 4.78 is 5.46. The number of benzene rings is 2. The SMILES string of the molecule is CSc1n[nH]c2nc(Nc3ccc(N4CCOCC4)cc3)nc(NCCc3c[nH]c4ccccc34)c12. The van der Waals surface area contributed by atoms with Crippen molar-refractivity contribution in [3.63, 3.8) is 0 Å². The fourth-order valence-corrected chi connectivity index (χ4v) is 5.13. The van der Waals surface area contributed by atoms with E-state index in [2.05, 4.69) is 84.4 Å². The summed E-state index contributed by atoms with van der Waals surface area (Å²) in [7, 11) is 0. The molecule has 0 bridgehead atoms. The first kappa shape index (κ1) is 22.7. The minimum atomic E-state index is 0.521. The Bertz CT molecular complexity index is 1470. The van der Waals surface area contributed by atoms with Crippen LogP contribution in [0, 0.1) is 0 Å². The summed E-state index contributed by atoms with van der Waals surface area (Å²) in [6, 6.07) is 16.7. The molecule has 0 atom stereocenters. The molecule has 0 aliphatic carbocycles. The van der Waals surface area contributed by atoms with Gasteiger partial charge in [-0.3, -0.25) is 5.10 Å². The Kier molecular flexibility index (Phi) is 6.35. The van der Waals surface area contributed by atoms with E-state index in [4.69, 9.17) is 9.72 Å². The summed E-state index contributed by atoms with van der Waals surface area (Å²) in [5.74, 6) is 1.29. The molecule has 1 aliphatic heterocycles. The van der Waals surface area contributed by atoms with E-state index >= 15 is 0 Å². The van der Waals surface area contributed by atoms with Gasteiger partial charge in [-0.2, -0.15) is 15.1 Å². The Morgan fingerprint density at radius 2 is 1.89 bits per heavy atom. The molecule has 3 aromatic heterocycles. The number of fused-ring (bicyclic) bond motifs is 2. The van der Waals surface area contributed by atoms with Gasteiger partial charge < -0.3 is 25.3 Å². The quantitative estimate of drug-likeness (QED) is 0.225. The number of aromatic nitrogens is 5. The summed E-state index contributed by atoms with van der Waals surface area (Å²) in [6.07, 6.45) is 4.96. The van der Waals surface area contributed by atoms with Crippen molar-refractivity contribution in [2.45, 2.75) is 11.4 Å². The normalized spacial score (nSPS) is 14.0. The van der Waals surface area contributed by atoms with Gasteiger partial charge in [0, 0.05) is 48.1 Å². The molecule has 184 valence electrons. The van der Waals surface area contributed by atoms with E-state index in [0.29, 0.717) is 11.6 Å². The third kappa shape index (κ3) is 4.57. The Balaban J connectivity index is 1.21. The molecule has 0 spiro atoms. The van der Waals surface area contributed by atoms with Crippen molar-refractivity contribution < 1.29 is 4.74 Å². The van der Waals surface area contributed by atoms with E-state index in [9.17, 15) is 0 Å². The number of H-pyrrole nitrogens is 2. The lowest BCUT2D eigenvalue weighted by Crippen LogP contribution is -2.36. The highest BCUT2D eigenvalue weighted by Crippen LogP contribution is 2.30. The third-order valence-corrected chi connectivity index (χ3v) is 7.12. The first-order valence-electron chi connectivity index (χ1n) is 12.1. The van der Waals surface area contributed by atoms with Gasteiger partial charge in [0.15, 0.2) is 5.65 Å². The number of hydrogen-bond donors (Lipinski definition) is 4. The summed E-state index contributed by atoms with van der Waals surface area (Å²) >= 11 is 1.58. The summed E-state index contributed by atoms with van der Waals surface area (Å²) in [6.45, 7) is 4.11. The van der Waals surface area contributed by atoms with Crippen LogP contribution in [0.2, 0.25) is 0 Å². The number of nitrogens with zero attached hydrogens (tertiary/aromatic N) is 4. The molecule has 1 aliphatic rings. The second-order valence-electron chi connectivity index (χ2n) is 8.66. The van der Waals surface area contributed by atoms with E-state index in [1.54, 1.807) is 11.8 Å². The van der Waals surface area contributed by atoms with Gasteiger partial charge in [-0.25, -0.2) is 0 Å². The molecule has 6 rings (SSSR count). The smallest absolute Gasteiger partial charge is 0.231 e. The lowest BCUT2D eigenvalue weighted by molar-refractivity contribution is 0.122. The standard InChI is InChI=1S/C26H28N8OS/c1-36-25-22-23(27-11-10-17-16-28-21-5-3-2-4-20(17)21)30-26(31-24(22)32-33-25)29-18-6-8-19(9-7-18)34-12-14-35-15-13-34/h2-9,16,28H,10-15H2,1H3,(H3,27,29,30,31,32,33). The van der Waals surface area contributed by atoms with Crippen LogP contribution in [-0.4, -0.2) is 64.3 Å². The highest BCUT2D eigenvalue weighted by atomic mass is 32.2. The number of ether oxygens (including phenoxy) is 1. The van der Waals surface area contributed by atoms with Crippen LogP contribution in [0.3, 0.4) is 0 Å². The van der Waals surface area contributed by atoms with Crippen molar-refractivity contribution in [2.75, 3.05) is 54.6 Å². The van der Waals surface area contributed by atoms with Crippen molar-refractivity contribution >= 4 is 56.8 Å². The van der Waals surface area contributed by atoms with Gasteiger partial charge in [0.25, 0.3) is 0 Å². The summed E-state index contributed by atoms with van der Waals surface area (Å²) in [5, 5.41) is 17.4. The zero-order valence-electron chi connectivity index (χ0n) is 20.0. The molecule has 4 N–H and O–H groups in total. The number of aromatic amines is 2. The van der Waals surface area contributed by atoms with Gasteiger partial charge >= 0.3 is 0 Å². The topological polar surface area (TPSA) is 107 Å². The molecule has 0 radical (unpaired) electrons. The average Bonchev–Trinajstić information content (AvgIpc) is 3.54. The molecule has 9 nitrogen and oxygen atoms in total. The van der Waals surface area contributed by atoms with Crippen molar-refractivity contribution in [3.05, 3.63) is 60.3 Å². The first-order valence-corrected chi connectivity index (χ1v) is 13.3. The Morgan fingerprint density at radius 3 is 2.72 bits per heavy atom. The van der Waals surface area contributed by atoms with E-state index in [-0.39, 0.29) is 0 Å². The molecule has 5 aromatic rings. The number of nitrogens with one attached hydrogen (secondary N) is 4. The van der Waals surface area contributed by atoms with Crippen LogP contribution in [0.1, 0.15) is 5.56 Å². The van der Waals surface area contributed by atoms with Crippen LogP contribution in [0.5, 0.6) is 0 Å². The fraction of sp³-hybridized carbons (Fsp3) is 0.269. The maximum absolute atomic E-state index is 5.46. The van der Waals surface area contributed by atoms with Gasteiger partial charge in [0.05, 0.1) is 18.6 Å². The maximum Gasteiger partial charge on any atom is 0.231 e. The Labute approximate surface area is 213 Å². The second kappa shape index (κ2) is 10.1. The van der Waals surface area contributed by atoms with Crippen LogP contribution < -0.4 is 15.5 Å². The zero-order chi connectivity index (χ0) is 24.3. The van der Waals surface area contributed by atoms with E-state index in [1.165, 1.54) is 16.6 Å². The van der Waals surface area contributed by atoms with Crippen molar-refractivity contribution in [1.82, 2.24) is 25.1 Å². The lowest BCUT2D eigenvalue weighted by atomic mass is 10.1. The van der Waals surface area contributed by atoms with Gasteiger partial charge in [-0.1, -0.05) is 18.2 Å². The van der Waals surface area contributed by atoms with Crippen molar-refractivity contribution in [3.8, 4) is 0 Å². The number of thioether (sulfide) groups is 1. The highest BCUT2D eigenvalue weighted by molar-refractivity contribution is 7.98. The Hall–Kier alpha value is -3.76. The van der Waals surface area contributed by atoms with Gasteiger partial charge in [0.1, 0.15) is 10.8 Å². The number of rotatable bonds is 8. The molecule has 2 aromatic carbocycles. The van der Waals surface area contributed by atoms with E-state index in [1.807, 2.05) is 12.3 Å². The summed E-state index contributed by atoms with van der Waals surface area (Å²) in [5.41, 5.74) is 5.26. The van der Waals surface area contributed by atoms with E-state index < -0.39 is 0 Å². The lowest BCUT2D eigenvalue weighted by Gasteiger charge is -2.28. The molecular weight excluding hydrogens is 472 g/mol. The largest absolute Gasteiger partial charge is 0.378 e. The number of para-hydroxylation sites is 1. The van der Waals surface area contributed by atoms with E-state index in [0.717, 1.165) is 66.7 Å². The van der Waals surface area contributed by atoms with Crippen LogP contribution in [0.15, 0.2) is 59.8 Å². The molecule has 0 amide bonds. The fourth-order valence-electron chi connectivity index (χ4n) is 4.60. The van der Waals surface area contributed by atoms with Crippen LogP contribution in [0.4, 0.5) is 23.1 Å². The monoisotopic (exact) mass is 500 g/mol. The zero-order valence-corrected chi connectivity index (χ0v) is 20.9. The van der Waals surface area contributed by atoms with Crippen molar-refractivity contribution in [2.24, 2.45) is 0 Å². The minimum absolute atomic E-state index is 0.521. The van der Waals surface area contributed by atoms with Crippen molar-refractivity contribution in [1.29, 1.82) is 0 Å². The predicted molar refractivity (Wildman–Crippen MR) is 147 cm³/mol. The predicted octanol–water partition coefficient (Wildman–Crippen LogP) is 4.79. The molecule has 1 fully saturated rings. The molecule has 4 heterocycles. The molecule has 10 heteroatoms. The van der Waals surface area contributed by atoms with Gasteiger partial charge in [-0.05, 0) is 48.6 Å². The maximum atomic E-state index is 5.46. The molecular formula is C26H28N8OS. The molecule has 0 saturated carbocycles. The number of morpholine rings is 1. The van der Waals surface area contributed by atoms with Gasteiger partial charge in [-0.15, -0.1) is 11.8 Å². The summed E-state index contributed by atoms with van der Waals surface area (Å²) in [4.78, 5) is 15.2. The van der Waals surface area contributed by atoms with Gasteiger partial charge in [0.2, 0.25) is 5.95 Å². The van der Waals surface area contributed by atoms with Crippen LogP contribution >= 0.6 is 11.8 Å². The highest BCUT2D eigenvalue weighted by Gasteiger charge is 2.16. The molecule has 36 heavy (non-hydrogen) atoms. The molecule has 1 saturated heterocycles. The Morgan fingerprint density at radius 1 is 1.06 bits per heavy atom. The van der Waals surface area contributed by atoms with Crippen LogP contribution in [-0.2, 0) is 11.2 Å².